The number of hydrogen-bond acceptors (Lipinski definition) is 4. The Bertz CT molecular complexity index is 1280. The molecule has 0 aliphatic heterocycles. The van der Waals surface area contributed by atoms with Gasteiger partial charge in [-0.25, -0.2) is 8.42 Å². The van der Waals surface area contributed by atoms with Gasteiger partial charge in [-0.1, -0.05) is 42.0 Å². The van der Waals surface area contributed by atoms with Gasteiger partial charge in [0.15, 0.2) is 0 Å². The maximum Gasteiger partial charge on any atom is 0.264 e. The molecule has 0 radical (unpaired) electrons. The summed E-state index contributed by atoms with van der Waals surface area (Å²) in [6, 6.07) is 17.2. The number of sulfonamides is 1. The van der Waals surface area contributed by atoms with Crippen LogP contribution in [0.5, 0.6) is 5.75 Å². The lowest BCUT2D eigenvalue weighted by atomic mass is 9.96. The summed E-state index contributed by atoms with van der Waals surface area (Å²) in [5.74, 6) is -0.0456. The first-order valence-electron chi connectivity index (χ1n) is 11.1. The van der Waals surface area contributed by atoms with Crippen LogP contribution in [0.25, 0.3) is 0 Å². The van der Waals surface area contributed by atoms with Gasteiger partial charge in [-0.15, -0.1) is 0 Å². The zero-order valence-corrected chi connectivity index (χ0v) is 21.4. The molecule has 180 valence electrons. The van der Waals surface area contributed by atoms with E-state index < -0.39 is 15.9 Å². The second kappa shape index (κ2) is 10.3. The van der Waals surface area contributed by atoms with Gasteiger partial charge in [0.25, 0.3) is 10.0 Å². The zero-order chi connectivity index (χ0) is 25.0. The number of carbonyl (C=O) groups is 1. The van der Waals surface area contributed by atoms with E-state index in [4.69, 9.17) is 4.74 Å². The highest BCUT2D eigenvalue weighted by Gasteiger charge is 2.29. The molecule has 3 rings (SSSR count). The van der Waals surface area contributed by atoms with Crippen LogP contribution in [-0.4, -0.2) is 28.0 Å². The van der Waals surface area contributed by atoms with Gasteiger partial charge in [0.05, 0.1) is 23.7 Å². The lowest BCUT2D eigenvalue weighted by molar-refractivity contribution is -0.120. The largest absolute Gasteiger partial charge is 0.495 e. The molecule has 1 atom stereocenters. The summed E-state index contributed by atoms with van der Waals surface area (Å²) in [4.78, 5) is 13.3. The highest BCUT2D eigenvalue weighted by atomic mass is 32.2. The Kier molecular flexibility index (Phi) is 7.67. The maximum absolute atomic E-state index is 13.6. The third-order valence-corrected chi connectivity index (χ3v) is 7.75. The summed E-state index contributed by atoms with van der Waals surface area (Å²) in [6.07, 6.45) is 0. The van der Waals surface area contributed by atoms with Crippen LogP contribution < -0.4 is 14.4 Å². The van der Waals surface area contributed by atoms with Gasteiger partial charge in [-0.05, 0) is 81.1 Å². The predicted molar refractivity (Wildman–Crippen MR) is 136 cm³/mol. The van der Waals surface area contributed by atoms with Crippen molar-refractivity contribution >= 4 is 21.6 Å². The van der Waals surface area contributed by atoms with Crippen molar-refractivity contribution in [1.29, 1.82) is 0 Å². The molecule has 0 heterocycles. The van der Waals surface area contributed by atoms with Gasteiger partial charge in [0, 0.05) is 0 Å². The number of anilines is 1. The van der Waals surface area contributed by atoms with E-state index in [-0.39, 0.29) is 17.5 Å². The Morgan fingerprint density at radius 2 is 1.56 bits per heavy atom. The fourth-order valence-electron chi connectivity index (χ4n) is 3.92. The molecule has 0 saturated carbocycles. The summed E-state index contributed by atoms with van der Waals surface area (Å²) < 4.78 is 33.8. The first-order valence-corrected chi connectivity index (χ1v) is 12.6. The fraction of sp³-hybridized carbons (Fsp3) is 0.296. The molecule has 0 aliphatic rings. The predicted octanol–water partition coefficient (Wildman–Crippen LogP) is 5.00. The second-order valence-electron chi connectivity index (χ2n) is 8.58. The molecule has 0 bridgehead atoms. The number of amides is 1. The molecule has 1 N–H and O–H groups in total. The number of ether oxygens (including phenoxy) is 1. The first-order chi connectivity index (χ1) is 16.0. The van der Waals surface area contributed by atoms with Crippen LogP contribution in [0.2, 0.25) is 0 Å². The summed E-state index contributed by atoms with van der Waals surface area (Å²) in [6.45, 7) is 9.49. The normalized spacial score (nSPS) is 12.2. The average Bonchev–Trinajstić information content (AvgIpc) is 2.80. The molecule has 3 aromatic carbocycles. The van der Waals surface area contributed by atoms with E-state index in [9.17, 15) is 13.2 Å². The number of aryl methyl sites for hydroxylation is 4. The summed E-state index contributed by atoms with van der Waals surface area (Å²) in [5.41, 5.74) is 5.64. The molecular formula is C27H32N2O4S. The van der Waals surface area contributed by atoms with Crippen LogP contribution in [-0.2, 0) is 14.8 Å². The standard InChI is InChI=1S/C27H32N2O4S/c1-18-11-13-23(14-12-18)34(31,32)29(25-9-7-8-10-26(25)33-6)17-27(30)28-22(5)24-16-20(3)19(2)15-21(24)4/h7-16,22H,17H2,1-6H3,(H,28,30)/t22-/m1/s1. The minimum absolute atomic E-state index is 0.106. The molecule has 0 aliphatic carbocycles. The molecule has 0 unspecified atom stereocenters. The Morgan fingerprint density at radius 1 is 0.941 bits per heavy atom. The lowest BCUT2D eigenvalue weighted by Gasteiger charge is -2.27. The van der Waals surface area contributed by atoms with Crippen LogP contribution >= 0.6 is 0 Å². The Labute approximate surface area is 202 Å². The summed E-state index contributed by atoms with van der Waals surface area (Å²) >= 11 is 0. The Hall–Kier alpha value is -3.32. The van der Waals surface area contributed by atoms with Gasteiger partial charge in [0.2, 0.25) is 5.91 Å². The van der Waals surface area contributed by atoms with E-state index in [1.54, 1.807) is 48.5 Å². The van der Waals surface area contributed by atoms with Crippen LogP contribution in [0.3, 0.4) is 0 Å². The number of carbonyl (C=O) groups excluding carboxylic acids is 1. The van der Waals surface area contributed by atoms with E-state index >= 15 is 0 Å². The number of nitrogens with one attached hydrogen (secondary N) is 1. The highest BCUT2D eigenvalue weighted by Crippen LogP contribution is 2.32. The van der Waals surface area contributed by atoms with Crippen molar-refractivity contribution in [1.82, 2.24) is 5.32 Å². The van der Waals surface area contributed by atoms with Crippen molar-refractivity contribution in [3.63, 3.8) is 0 Å². The minimum atomic E-state index is -4.03. The van der Waals surface area contributed by atoms with Crippen molar-refractivity contribution in [3.05, 3.63) is 88.5 Å². The van der Waals surface area contributed by atoms with E-state index in [1.165, 1.54) is 12.7 Å². The van der Waals surface area contributed by atoms with E-state index in [2.05, 4.69) is 24.4 Å². The topological polar surface area (TPSA) is 75.7 Å². The molecule has 0 aromatic heterocycles. The summed E-state index contributed by atoms with van der Waals surface area (Å²) in [7, 11) is -2.55. The monoisotopic (exact) mass is 480 g/mol. The van der Waals surface area contributed by atoms with Crippen molar-refractivity contribution < 1.29 is 17.9 Å². The third kappa shape index (κ3) is 5.42. The van der Waals surface area contributed by atoms with Crippen LogP contribution in [0, 0.1) is 27.7 Å². The van der Waals surface area contributed by atoms with Gasteiger partial charge in [-0.2, -0.15) is 0 Å². The number of para-hydroxylation sites is 2. The molecule has 0 spiro atoms. The van der Waals surface area contributed by atoms with Crippen molar-refractivity contribution in [2.24, 2.45) is 0 Å². The van der Waals surface area contributed by atoms with Gasteiger partial charge < -0.3 is 10.1 Å². The van der Waals surface area contributed by atoms with Crippen molar-refractivity contribution in [2.75, 3.05) is 18.0 Å². The quantitative estimate of drug-likeness (QED) is 0.492. The lowest BCUT2D eigenvalue weighted by Crippen LogP contribution is -2.41. The van der Waals surface area contributed by atoms with Crippen molar-refractivity contribution in [3.8, 4) is 5.75 Å². The molecule has 6 nitrogen and oxygen atoms in total. The van der Waals surface area contributed by atoms with Crippen molar-refractivity contribution in [2.45, 2.75) is 45.6 Å². The highest BCUT2D eigenvalue weighted by molar-refractivity contribution is 7.92. The average molecular weight is 481 g/mol. The Balaban J connectivity index is 1.95. The number of rotatable bonds is 8. The second-order valence-corrected chi connectivity index (χ2v) is 10.4. The molecule has 0 saturated heterocycles. The van der Waals surface area contributed by atoms with Gasteiger partial charge in [0.1, 0.15) is 12.3 Å². The Morgan fingerprint density at radius 3 is 2.21 bits per heavy atom. The number of hydrogen-bond donors (Lipinski definition) is 1. The molecule has 7 heteroatoms. The number of nitrogens with zero attached hydrogens (tertiary/aromatic N) is 1. The third-order valence-electron chi connectivity index (χ3n) is 5.98. The van der Waals surface area contributed by atoms with Gasteiger partial charge in [-0.3, -0.25) is 9.10 Å². The minimum Gasteiger partial charge on any atom is -0.495 e. The smallest absolute Gasteiger partial charge is 0.264 e. The number of benzene rings is 3. The van der Waals surface area contributed by atoms with E-state index in [0.717, 1.165) is 26.6 Å². The first kappa shape index (κ1) is 25.3. The van der Waals surface area contributed by atoms with Crippen LogP contribution in [0.4, 0.5) is 5.69 Å². The zero-order valence-electron chi connectivity index (χ0n) is 20.5. The molecule has 3 aromatic rings. The van der Waals surface area contributed by atoms with E-state index in [0.29, 0.717) is 11.4 Å². The van der Waals surface area contributed by atoms with Crippen LogP contribution in [0.1, 0.15) is 40.8 Å². The molecule has 34 heavy (non-hydrogen) atoms. The maximum atomic E-state index is 13.6. The fourth-order valence-corrected chi connectivity index (χ4v) is 5.35. The molecular weight excluding hydrogens is 448 g/mol. The van der Waals surface area contributed by atoms with E-state index in [1.807, 2.05) is 27.7 Å². The summed E-state index contributed by atoms with van der Waals surface area (Å²) in [5, 5.41) is 2.97. The van der Waals surface area contributed by atoms with Gasteiger partial charge >= 0.3 is 0 Å². The molecule has 1 amide bonds. The molecule has 0 fully saturated rings. The number of methoxy groups -OCH3 is 1. The van der Waals surface area contributed by atoms with Crippen LogP contribution in [0.15, 0.2) is 65.6 Å². The SMILES string of the molecule is COc1ccccc1N(CC(=O)N[C@H](C)c1cc(C)c(C)cc1C)S(=O)(=O)c1ccc(C)cc1.